The van der Waals surface area contributed by atoms with Gasteiger partial charge in [-0.15, -0.1) is 23.2 Å². The fraction of sp³-hybridized carbons (Fsp3) is 0.333. The first-order chi connectivity index (χ1) is 16.6. The third kappa shape index (κ3) is 5.21. The molecular formula is C24H20BrCl3N2O5. The zero-order valence-corrected chi connectivity index (χ0v) is 22.2. The summed E-state index contributed by atoms with van der Waals surface area (Å²) in [5.41, 5.74) is 1.51. The number of ether oxygens (including phenoxy) is 1. The third-order valence-corrected chi connectivity index (χ3v) is 8.67. The summed E-state index contributed by atoms with van der Waals surface area (Å²) in [6.45, 7) is 1.22. The van der Waals surface area contributed by atoms with E-state index in [9.17, 15) is 19.2 Å². The van der Waals surface area contributed by atoms with E-state index in [1.54, 1.807) is 25.1 Å². The Hall–Kier alpha value is -2.13. The average Bonchev–Trinajstić information content (AvgIpc) is 3.07. The van der Waals surface area contributed by atoms with Gasteiger partial charge in [0.1, 0.15) is 0 Å². The van der Waals surface area contributed by atoms with E-state index in [-0.39, 0.29) is 33.8 Å². The van der Waals surface area contributed by atoms with Crippen molar-refractivity contribution in [2.75, 3.05) is 16.8 Å². The van der Waals surface area contributed by atoms with Gasteiger partial charge in [-0.1, -0.05) is 17.7 Å². The molecule has 0 unspecified atom stereocenters. The topological polar surface area (TPSA) is 92.8 Å². The van der Waals surface area contributed by atoms with E-state index in [0.717, 1.165) is 4.90 Å². The van der Waals surface area contributed by atoms with Crippen LogP contribution < -0.4 is 10.2 Å². The summed E-state index contributed by atoms with van der Waals surface area (Å²) in [5, 5.41) is 2.33. The standard InChI is InChI=1S/C24H20BrCl3N2O5/c1-11-19(6-5-16(25)21(11)28)29-20(31)10-35-24(34)12-3-2-4-13(7-12)30-22(32)14-8-17(26)18(27)9-15(14)23(30)33/h2-7,14-15,17-18H,8-10H2,1H3,(H,29,31)/t14-,15-,17+,18+/m1/s1. The quantitative estimate of drug-likeness (QED) is 0.284. The molecule has 35 heavy (non-hydrogen) atoms. The number of nitrogens with zero attached hydrogens (tertiary/aromatic N) is 1. The number of nitrogens with one attached hydrogen (secondary N) is 1. The second-order valence-electron chi connectivity index (χ2n) is 8.44. The van der Waals surface area contributed by atoms with Gasteiger partial charge in [-0.3, -0.25) is 19.3 Å². The summed E-state index contributed by atoms with van der Waals surface area (Å²) >= 11 is 21.9. The zero-order valence-electron chi connectivity index (χ0n) is 18.4. The molecule has 2 fully saturated rings. The average molecular weight is 603 g/mol. The number of fused-ring (bicyclic) bond motifs is 1. The van der Waals surface area contributed by atoms with Crippen molar-refractivity contribution in [2.24, 2.45) is 11.8 Å². The fourth-order valence-electron chi connectivity index (χ4n) is 4.31. The van der Waals surface area contributed by atoms with Crippen LogP contribution in [-0.4, -0.2) is 41.1 Å². The van der Waals surface area contributed by atoms with Crippen LogP contribution >= 0.6 is 50.7 Å². The number of halogens is 4. The van der Waals surface area contributed by atoms with Crippen molar-refractivity contribution in [1.82, 2.24) is 0 Å². The lowest BCUT2D eigenvalue weighted by molar-refractivity contribution is -0.122. The Balaban J connectivity index is 1.42. The molecule has 7 nitrogen and oxygen atoms in total. The number of imide groups is 1. The van der Waals surface area contributed by atoms with Gasteiger partial charge in [0, 0.05) is 10.2 Å². The molecule has 4 atom stereocenters. The highest BCUT2D eigenvalue weighted by molar-refractivity contribution is 9.10. The smallest absolute Gasteiger partial charge is 0.338 e. The predicted octanol–water partition coefficient (Wildman–Crippen LogP) is 5.32. The van der Waals surface area contributed by atoms with Crippen LogP contribution in [0.3, 0.4) is 0 Å². The molecule has 2 aromatic rings. The minimum atomic E-state index is -0.772. The number of esters is 1. The highest BCUT2D eigenvalue weighted by atomic mass is 79.9. The van der Waals surface area contributed by atoms with E-state index in [0.29, 0.717) is 33.6 Å². The van der Waals surface area contributed by atoms with Crippen LogP contribution in [0.2, 0.25) is 5.02 Å². The van der Waals surface area contributed by atoms with Crippen LogP contribution in [0.15, 0.2) is 40.9 Å². The Morgan fingerprint density at radius 2 is 1.71 bits per heavy atom. The van der Waals surface area contributed by atoms with Crippen LogP contribution in [0, 0.1) is 18.8 Å². The lowest BCUT2D eigenvalue weighted by Crippen LogP contribution is -2.34. The monoisotopic (exact) mass is 600 g/mol. The van der Waals surface area contributed by atoms with Gasteiger partial charge in [0.05, 0.1) is 38.9 Å². The van der Waals surface area contributed by atoms with Gasteiger partial charge in [-0.2, -0.15) is 0 Å². The molecule has 1 aliphatic carbocycles. The number of benzene rings is 2. The lowest BCUT2D eigenvalue weighted by Gasteiger charge is -2.28. The largest absolute Gasteiger partial charge is 0.452 e. The molecule has 0 spiro atoms. The van der Waals surface area contributed by atoms with Gasteiger partial charge in [0.15, 0.2) is 6.61 Å². The van der Waals surface area contributed by atoms with Gasteiger partial charge < -0.3 is 10.1 Å². The summed E-state index contributed by atoms with van der Waals surface area (Å²) in [6, 6.07) is 9.34. The third-order valence-electron chi connectivity index (χ3n) is 6.20. The van der Waals surface area contributed by atoms with E-state index in [4.69, 9.17) is 39.5 Å². The van der Waals surface area contributed by atoms with Crippen molar-refractivity contribution in [3.63, 3.8) is 0 Å². The lowest BCUT2D eigenvalue weighted by atomic mass is 9.80. The second-order valence-corrected chi connectivity index (χ2v) is 10.8. The van der Waals surface area contributed by atoms with Crippen LogP contribution in [-0.2, 0) is 19.1 Å². The molecule has 3 amide bonds. The van der Waals surface area contributed by atoms with Crippen LogP contribution in [0.4, 0.5) is 11.4 Å². The van der Waals surface area contributed by atoms with Gasteiger partial charge >= 0.3 is 5.97 Å². The van der Waals surface area contributed by atoms with E-state index in [2.05, 4.69) is 21.2 Å². The van der Waals surface area contributed by atoms with Crippen molar-refractivity contribution in [3.8, 4) is 0 Å². The molecule has 0 radical (unpaired) electrons. The first kappa shape index (κ1) is 25.9. The zero-order chi connectivity index (χ0) is 25.4. The number of amides is 3. The Morgan fingerprint density at radius 1 is 1.09 bits per heavy atom. The van der Waals surface area contributed by atoms with Crippen LogP contribution in [0.5, 0.6) is 0 Å². The Kier molecular flexibility index (Phi) is 7.76. The molecular weight excluding hydrogens is 583 g/mol. The number of anilines is 2. The van der Waals surface area contributed by atoms with Gasteiger partial charge in [-0.05, 0) is 71.6 Å². The summed E-state index contributed by atoms with van der Waals surface area (Å²) in [6.07, 6.45) is 0.642. The maximum Gasteiger partial charge on any atom is 0.338 e. The number of alkyl halides is 2. The normalized spacial score (nSPS) is 23.7. The predicted molar refractivity (Wildman–Crippen MR) is 137 cm³/mol. The molecule has 1 saturated heterocycles. The molecule has 0 bridgehead atoms. The number of hydrogen-bond donors (Lipinski definition) is 1. The molecule has 4 rings (SSSR count). The minimum absolute atomic E-state index is 0.0964. The minimum Gasteiger partial charge on any atom is -0.452 e. The van der Waals surface area contributed by atoms with Gasteiger partial charge in [0.25, 0.3) is 5.91 Å². The summed E-state index contributed by atoms with van der Waals surface area (Å²) in [5.74, 6) is -3.10. The van der Waals surface area contributed by atoms with Crippen molar-refractivity contribution in [1.29, 1.82) is 0 Å². The SMILES string of the molecule is Cc1c(NC(=O)COC(=O)c2cccc(N3C(=O)[C@@H]4C[C@H](Cl)[C@@H](Cl)C[C@H]4C3=O)c2)ccc(Br)c1Cl. The molecule has 184 valence electrons. The number of carbonyl (C=O) groups excluding carboxylic acids is 4. The highest BCUT2D eigenvalue weighted by Crippen LogP contribution is 2.43. The van der Waals surface area contributed by atoms with Gasteiger partial charge in [-0.25, -0.2) is 4.79 Å². The number of hydrogen-bond acceptors (Lipinski definition) is 5. The second kappa shape index (κ2) is 10.5. The van der Waals surface area contributed by atoms with Crippen molar-refractivity contribution in [2.45, 2.75) is 30.5 Å². The summed E-state index contributed by atoms with van der Waals surface area (Å²) < 4.78 is 5.83. The van der Waals surface area contributed by atoms with Crippen LogP contribution in [0.1, 0.15) is 28.8 Å². The van der Waals surface area contributed by atoms with Gasteiger partial charge in [0.2, 0.25) is 11.8 Å². The number of carbonyl (C=O) groups is 4. The van der Waals surface area contributed by atoms with Crippen molar-refractivity contribution in [3.05, 3.63) is 57.0 Å². The van der Waals surface area contributed by atoms with Crippen molar-refractivity contribution < 1.29 is 23.9 Å². The Morgan fingerprint density at radius 3 is 2.34 bits per heavy atom. The summed E-state index contributed by atoms with van der Waals surface area (Å²) in [7, 11) is 0. The molecule has 0 aromatic heterocycles. The van der Waals surface area contributed by atoms with Crippen molar-refractivity contribution >= 4 is 85.8 Å². The maximum absolute atomic E-state index is 13.0. The van der Waals surface area contributed by atoms with E-state index < -0.39 is 30.3 Å². The molecule has 1 N–H and O–H groups in total. The molecule has 1 aliphatic heterocycles. The van der Waals surface area contributed by atoms with Crippen LogP contribution in [0.25, 0.3) is 0 Å². The fourth-order valence-corrected chi connectivity index (χ4v) is 5.49. The molecule has 2 aliphatic rings. The van der Waals surface area contributed by atoms with E-state index in [1.807, 2.05) is 0 Å². The highest BCUT2D eigenvalue weighted by Gasteiger charge is 2.52. The van der Waals surface area contributed by atoms with E-state index >= 15 is 0 Å². The number of rotatable bonds is 5. The first-order valence-corrected chi connectivity index (χ1v) is 12.8. The Bertz CT molecular complexity index is 1200. The molecule has 2 aromatic carbocycles. The van der Waals surface area contributed by atoms with E-state index in [1.165, 1.54) is 18.2 Å². The maximum atomic E-state index is 13.0. The molecule has 1 heterocycles. The first-order valence-electron chi connectivity index (χ1n) is 10.8. The molecule has 1 saturated carbocycles. The Labute approximate surface area is 225 Å². The summed E-state index contributed by atoms with van der Waals surface area (Å²) in [4.78, 5) is 51.9. The molecule has 11 heteroatoms.